The summed E-state index contributed by atoms with van der Waals surface area (Å²) in [6.45, 7) is 6.90. The summed E-state index contributed by atoms with van der Waals surface area (Å²) in [7, 11) is 0. The van der Waals surface area contributed by atoms with Gasteiger partial charge >= 0.3 is 0 Å². The van der Waals surface area contributed by atoms with Gasteiger partial charge in [-0.1, -0.05) is 18.2 Å². The number of carbonyl (C=O) groups excluding carboxylic acids is 1. The van der Waals surface area contributed by atoms with Crippen LogP contribution >= 0.6 is 0 Å². The number of hydrogen-bond acceptors (Lipinski definition) is 4. The zero-order chi connectivity index (χ0) is 20.0. The van der Waals surface area contributed by atoms with Crippen molar-refractivity contribution in [1.82, 2.24) is 20.0 Å². The van der Waals surface area contributed by atoms with Crippen molar-refractivity contribution in [3.05, 3.63) is 46.6 Å². The average Bonchev–Trinajstić information content (AvgIpc) is 3.23. The second kappa shape index (κ2) is 7.48. The van der Waals surface area contributed by atoms with Crippen molar-refractivity contribution in [3.63, 3.8) is 0 Å². The number of nitrogens with zero attached hydrogens (tertiary/aromatic N) is 3. The van der Waals surface area contributed by atoms with Crippen molar-refractivity contribution in [1.29, 1.82) is 0 Å². The van der Waals surface area contributed by atoms with Crippen LogP contribution in [0.25, 0.3) is 0 Å². The first-order chi connectivity index (χ1) is 14.1. The third-order valence-corrected chi connectivity index (χ3v) is 6.90. The summed E-state index contributed by atoms with van der Waals surface area (Å²) in [5, 5.41) is 7.67. The molecule has 2 bridgehead atoms. The van der Waals surface area contributed by atoms with E-state index in [1.807, 2.05) is 0 Å². The Morgan fingerprint density at radius 2 is 1.97 bits per heavy atom. The van der Waals surface area contributed by atoms with E-state index >= 15 is 0 Å². The quantitative estimate of drug-likeness (QED) is 0.865. The molecule has 1 N–H and O–H groups in total. The molecule has 3 aliphatic heterocycles. The van der Waals surface area contributed by atoms with Crippen LogP contribution in [-0.4, -0.2) is 45.3 Å². The molecule has 1 amide bonds. The van der Waals surface area contributed by atoms with Crippen LogP contribution in [0.2, 0.25) is 0 Å². The Morgan fingerprint density at radius 3 is 2.69 bits per heavy atom. The number of ether oxygens (including phenoxy) is 1. The minimum atomic E-state index is -0.0671. The summed E-state index contributed by atoms with van der Waals surface area (Å²) in [5.74, 6) is 0.646. The van der Waals surface area contributed by atoms with E-state index in [0.717, 1.165) is 32.4 Å². The predicted octanol–water partition coefficient (Wildman–Crippen LogP) is 3.21. The van der Waals surface area contributed by atoms with E-state index in [9.17, 15) is 4.79 Å². The number of piperidine rings is 1. The molecule has 0 radical (unpaired) electrons. The lowest BCUT2D eigenvalue weighted by atomic mass is 9.96. The van der Waals surface area contributed by atoms with Crippen molar-refractivity contribution in [2.45, 2.75) is 77.2 Å². The van der Waals surface area contributed by atoms with Crippen LogP contribution in [0.4, 0.5) is 0 Å². The summed E-state index contributed by atoms with van der Waals surface area (Å²) in [6, 6.07) is 9.93. The first kappa shape index (κ1) is 18.7. The standard InChI is InChI=1S/C23H30N4O2/c1-15-4-5-17(10-16(15)2)14-26-19-6-7-20(26)12-18(11-19)24-23(28)21-13-22-27(25-21)8-3-9-29-22/h4-5,10,13,18-20H,3,6-9,11-12,14H2,1-2H3,(H,24,28). The van der Waals surface area contributed by atoms with Gasteiger partial charge in [-0.15, -0.1) is 0 Å². The lowest BCUT2D eigenvalue weighted by Crippen LogP contribution is -2.50. The van der Waals surface area contributed by atoms with E-state index in [-0.39, 0.29) is 11.9 Å². The number of amides is 1. The maximum atomic E-state index is 12.8. The summed E-state index contributed by atoms with van der Waals surface area (Å²) >= 11 is 0. The fraction of sp³-hybridized carbons (Fsp3) is 0.565. The van der Waals surface area contributed by atoms with Gasteiger partial charge in [-0.25, -0.2) is 4.68 Å². The molecule has 4 heterocycles. The van der Waals surface area contributed by atoms with Gasteiger partial charge in [0.2, 0.25) is 5.88 Å². The van der Waals surface area contributed by atoms with E-state index in [0.29, 0.717) is 30.3 Å². The van der Waals surface area contributed by atoms with Gasteiger partial charge in [0.15, 0.2) is 5.69 Å². The van der Waals surface area contributed by atoms with E-state index in [4.69, 9.17) is 4.74 Å². The molecular formula is C23H30N4O2. The van der Waals surface area contributed by atoms with Crippen LogP contribution in [0.15, 0.2) is 24.3 Å². The van der Waals surface area contributed by atoms with Gasteiger partial charge in [-0.05, 0) is 56.2 Å². The first-order valence-corrected chi connectivity index (χ1v) is 10.9. The number of benzene rings is 1. The summed E-state index contributed by atoms with van der Waals surface area (Å²) in [6.07, 6.45) is 5.45. The largest absolute Gasteiger partial charge is 0.478 e. The van der Waals surface area contributed by atoms with Gasteiger partial charge in [0.1, 0.15) is 0 Å². The Balaban J connectivity index is 1.22. The van der Waals surface area contributed by atoms with Gasteiger partial charge in [-0.2, -0.15) is 5.10 Å². The Labute approximate surface area is 172 Å². The van der Waals surface area contributed by atoms with E-state index in [1.54, 1.807) is 10.7 Å². The van der Waals surface area contributed by atoms with E-state index < -0.39 is 0 Å². The second-order valence-corrected chi connectivity index (χ2v) is 8.91. The molecule has 6 nitrogen and oxygen atoms in total. The molecule has 3 aliphatic rings. The van der Waals surface area contributed by atoms with Crippen molar-refractivity contribution in [2.75, 3.05) is 6.61 Å². The number of aryl methyl sites for hydroxylation is 3. The monoisotopic (exact) mass is 394 g/mol. The topological polar surface area (TPSA) is 59.4 Å². The van der Waals surface area contributed by atoms with Crippen LogP contribution in [-0.2, 0) is 13.1 Å². The molecule has 0 aliphatic carbocycles. The Kier molecular flexibility index (Phi) is 4.82. The van der Waals surface area contributed by atoms with Crippen LogP contribution in [0, 0.1) is 13.8 Å². The van der Waals surface area contributed by atoms with Crippen LogP contribution in [0.3, 0.4) is 0 Å². The molecule has 2 saturated heterocycles. The molecule has 2 aromatic rings. The van der Waals surface area contributed by atoms with Crippen LogP contribution in [0.5, 0.6) is 5.88 Å². The van der Waals surface area contributed by atoms with Gasteiger partial charge in [0.05, 0.1) is 6.61 Å². The molecule has 6 heteroatoms. The molecule has 154 valence electrons. The lowest BCUT2D eigenvalue weighted by molar-refractivity contribution is 0.0823. The molecule has 0 spiro atoms. The average molecular weight is 395 g/mol. The van der Waals surface area contributed by atoms with Gasteiger partial charge < -0.3 is 10.1 Å². The van der Waals surface area contributed by atoms with Gasteiger partial charge in [0, 0.05) is 43.7 Å². The zero-order valence-electron chi connectivity index (χ0n) is 17.4. The predicted molar refractivity (Wildman–Crippen MR) is 111 cm³/mol. The van der Waals surface area contributed by atoms with Gasteiger partial charge in [0.25, 0.3) is 5.91 Å². The maximum absolute atomic E-state index is 12.8. The Hall–Kier alpha value is -2.34. The third-order valence-electron chi connectivity index (χ3n) is 6.90. The van der Waals surface area contributed by atoms with E-state index in [2.05, 4.69) is 47.4 Å². The first-order valence-electron chi connectivity index (χ1n) is 10.9. The minimum absolute atomic E-state index is 0.0671. The number of aromatic nitrogens is 2. The fourth-order valence-electron chi connectivity index (χ4n) is 5.20. The molecule has 5 rings (SSSR count). The van der Waals surface area contributed by atoms with Crippen LogP contribution in [0.1, 0.15) is 59.3 Å². The van der Waals surface area contributed by atoms with Crippen molar-refractivity contribution in [3.8, 4) is 5.88 Å². The smallest absolute Gasteiger partial charge is 0.272 e. The number of hydrogen-bond donors (Lipinski definition) is 1. The Morgan fingerprint density at radius 1 is 1.17 bits per heavy atom. The molecule has 1 aromatic heterocycles. The minimum Gasteiger partial charge on any atom is -0.478 e. The molecular weight excluding hydrogens is 364 g/mol. The van der Waals surface area contributed by atoms with Gasteiger partial charge in [-0.3, -0.25) is 9.69 Å². The molecule has 2 fully saturated rings. The summed E-state index contributed by atoms with van der Waals surface area (Å²) in [5.41, 5.74) is 4.59. The summed E-state index contributed by atoms with van der Waals surface area (Å²) in [4.78, 5) is 15.4. The lowest BCUT2D eigenvalue weighted by Gasteiger charge is -2.39. The Bertz CT molecular complexity index is 884. The normalized spacial score (nSPS) is 26.1. The molecule has 0 saturated carbocycles. The van der Waals surface area contributed by atoms with Crippen molar-refractivity contribution < 1.29 is 9.53 Å². The van der Waals surface area contributed by atoms with Crippen molar-refractivity contribution >= 4 is 5.91 Å². The SMILES string of the molecule is Cc1ccc(CN2C3CCC2CC(NC(=O)c2cc4n(n2)CCCO4)C3)cc1C. The number of nitrogens with one attached hydrogen (secondary N) is 1. The van der Waals surface area contributed by atoms with Crippen molar-refractivity contribution in [2.24, 2.45) is 0 Å². The molecule has 29 heavy (non-hydrogen) atoms. The highest BCUT2D eigenvalue weighted by Crippen LogP contribution is 2.37. The highest BCUT2D eigenvalue weighted by molar-refractivity contribution is 5.92. The maximum Gasteiger partial charge on any atom is 0.272 e. The highest BCUT2D eigenvalue weighted by atomic mass is 16.5. The van der Waals surface area contributed by atoms with Crippen LogP contribution < -0.4 is 10.1 Å². The number of carbonyl (C=O) groups is 1. The second-order valence-electron chi connectivity index (χ2n) is 8.91. The fourth-order valence-corrected chi connectivity index (χ4v) is 5.20. The molecule has 2 unspecified atom stereocenters. The highest BCUT2D eigenvalue weighted by Gasteiger charge is 2.41. The zero-order valence-corrected chi connectivity index (χ0v) is 17.4. The summed E-state index contributed by atoms with van der Waals surface area (Å²) < 4.78 is 7.39. The number of rotatable bonds is 4. The third kappa shape index (κ3) is 3.66. The molecule has 2 atom stereocenters. The molecule has 1 aromatic carbocycles. The number of fused-ring (bicyclic) bond motifs is 3. The van der Waals surface area contributed by atoms with E-state index in [1.165, 1.54) is 29.5 Å².